The summed E-state index contributed by atoms with van der Waals surface area (Å²) in [7, 11) is -4.43. The third kappa shape index (κ3) is 3.99. The number of alkyl halides is 3. The van der Waals surface area contributed by atoms with Gasteiger partial charge in [-0.05, 0) is 38.5 Å². The summed E-state index contributed by atoms with van der Waals surface area (Å²) in [5, 5.41) is 0. The van der Waals surface area contributed by atoms with Crippen molar-refractivity contribution in [3.63, 3.8) is 0 Å². The van der Waals surface area contributed by atoms with E-state index in [4.69, 9.17) is 4.74 Å². The molecule has 1 heterocycles. The fourth-order valence-corrected chi connectivity index (χ4v) is 3.24. The van der Waals surface area contributed by atoms with Crippen LogP contribution in [0.15, 0.2) is 24.3 Å². The van der Waals surface area contributed by atoms with Crippen LogP contribution in [0.3, 0.4) is 0 Å². The number of hydrogen-bond acceptors (Lipinski definition) is 5. The van der Waals surface area contributed by atoms with E-state index in [1.807, 2.05) is 0 Å². The summed E-state index contributed by atoms with van der Waals surface area (Å²) in [5.74, 6) is 0. The number of carbonyl (C=O) groups is 1. The molecule has 0 N–H and O–H groups in total. The number of hydrogen-bond donors (Lipinski definition) is 0. The van der Waals surface area contributed by atoms with E-state index in [2.05, 4.69) is 4.18 Å². The van der Waals surface area contributed by atoms with Gasteiger partial charge in [-0.1, -0.05) is 12.1 Å². The van der Waals surface area contributed by atoms with E-state index in [9.17, 15) is 26.4 Å². The summed E-state index contributed by atoms with van der Waals surface area (Å²) in [5.41, 5.74) is -1.95. The van der Waals surface area contributed by atoms with Crippen molar-refractivity contribution >= 4 is 16.4 Å². The molecule has 1 aromatic rings. The Labute approximate surface area is 137 Å². The van der Waals surface area contributed by atoms with Crippen molar-refractivity contribution in [2.24, 2.45) is 0 Å². The molecule has 0 bridgehead atoms. The van der Waals surface area contributed by atoms with Crippen LogP contribution >= 0.6 is 0 Å². The Morgan fingerprint density at radius 2 is 1.92 bits per heavy atom. The second-order valence-electron chi connectivity index (χ2n) is 6.16. The molecule has 1 saturated heterocycles. The van der Waals surface area contributed by atoms with Crippen molar-refractivity contribution in [2.75, 3.05) is 6.61 Å². The molecule has 6 nitrogen and oxygen atoms in total. The number of nitrogens with zero attached hydrogens (tertiary/aromatic N) is 1. The number of benzene rings is 1. The fraction of sp³-hybridized carbons (Fsp3) is 0.500. The second-order valence-corrected chi connectivity index (χ2v) is 7.64. The zero-order valence-electron chi connectivity index (χ0n) is 13.1. The van der Waals surface area contributed by atoms with Crippen molar-refractivity contribution in [1.82, 2.24) is 4.31 Å². The van der Waals surface area contributed by atoms with Crippen LogP contribution < -0.4 is 0 Å². The van der Waals surface area contributed by atoms with Crippen molar-refractivity contribution in [1.29, 1.82) is 0 Å². The highest BCUT2D eigenvalue weighted by Crippen LogP contribution is 2.36. The zero-order chi connectivity index (χ0) is 18.3. The molecule has 1 aliphatic rings. The van der Waals surface area contributed by atoms with Gasteiger partial charge < -0.3 is 4.74 Å². The Kier molecular flexibility index (Phi) is 4.57. The summed E-state index contributed by atoms with van der Waals surface area (Å²) in [6.07, 6.45) is -5.80. The third-order valence-corrected chi connectivity index (χ3v) is 4.39. The van der Waals surface area contributed by atoms with Gasteiger partial charge in [0.1, 0.15) is 11.6 Å². The summed E-state index contributed by atoms with van der Waals surface area (Å²) >= 11 is 0. The highest BCUT2D eigenvalue weighted by atomic mass is 32.2. The van der Waals surface area contributed by atoms with Gasteiger partial charge in [-0.2, -0.15) is 25.9 Å². The molecular formula is C14H16F3NO5S. The molecule has 0 saturated carbocycles. The van der Waals surface area contributed by atoms with Gasteiger partial charge in [0.05, 0.1) is 12.2 Å². The number of ether oxygens (including phenoxy) is 1. The molecule has 1 aromatic carbocycles. The van der Waals surface area contributed by atoms with Gasteiger partial charge in [-0.25, -0.2) is 4.79 Å². The van der Waals surface area contributed by atoms with Crippen LogP contribution in [0.4, 0.5) is 18.0 Å². The molecule has 0 aromatic heterocycles. The first-order valence-electron chi connectivity index (χ1n) is 6.90. The summed E-state index contributed by atoms with van der Waals surface area (Å²) in [4.78, 5) is 12.2. The SMILES string of the molecule is CC(C)(C)OC(=O)N1[C@@H](c2cccc(C(F)(F)F)c2)COS1(=O)=O. The smallest absolute Gasteiger partial charge is 0.426 e. The van der Waals surface area contributed by atoms with Crippen LogP contribution in [0.5, 0.6) is 0 Å². The highest BCUT2D eigenvalue weighted by molar-refractivity contribution is 7.85. The fourth-order valence-electron chi connectivity index (χ4n) is 2.11. The number of carbonyl (C=O) groups excluding carboxylic acids is 1. The maximum Gasteiger partial charge on any atom is 0.426 e. The molecule has 2 rings (SSSR count). The molecule has 1 aliphatic heterocycles. The van der Waals surface area contributed by atoms with Crippen LogP contribution in [0.25, 0.3) is 0 Å². The maximum atomic E-state index is 12.8. The normalized spacial score (nSPS) is 20.9. The first kappa shape index (κ1) is 18.5. The second kappa shape index (κ2) is 5.92. The van der Waals surface area contributed by atoms with Crippen LogP contribution in [0.1, 0.15) is 37.9 Å². The van der Waals surface area contributed by atoms with Gasteiger partial charge in [0.15, 0.2) is 0 Å². The lowest BCUT2D eigenvalue weighted by atomic mass is 10.0. The Morgan fingerprint density at radius 1 is 1.29 bits per heavy atom. The molecule has 0 radical (unpaired) electrons. The van der Waals surface area contributed by atoms with E-state index in [1.165, 1.54) is 26.8 Å². The van der Waals surface area contributed by atoms with Crippen LogP contribution in [-0.4, -0.2) is 31.0 Å². The molecule has 134 valence electrons. The summed E-state index contributed by atoms with van der Waals surface area (Å²) in [6, 6.07) is 2.84. The van der Waals surface area contributed by atoms with Gasteiger partial charge in [0, 0.05) is 0 Å². The zero-order valence-corrected chi connectivity index (χ0v) is 13.9. The Balaban J connectivity index is 2.40. The number of halogens is 3. The monoisotopic (exact) mass is 367 g/mol. The van der Waals surface area contributed by atoms with E-state index >= 15 is 0 Å². The van der Waals surface area contributed by atoms with Gasteiger partial charge in [-0.15, -0.1) is 0 Å². The van der Waals surface area contributed by atoms with Gasteiger partial charge in [0.2, 0.25) is 0 Å². The lowest BCUT2D eigenvalue weighted by Crippen LogP contribution is -2.39. The lowest BCUT2D eigenvalue weighted by Gasteiger charge is -2.26. The van der Waals surface area contributed by atoms with Crippen molar-refractivity contribution in [3.05, 3.63) is 35.4 Å². The van der Waals surface area contributed by atoms with Crippen LogP contribution in [0.2, 0.25) is 0 Å². The topological polar surface area (TPSA) is 72.9 Å². The molecule has 0 spiro atoms. The maximum absolute atomic E-state index is 12.8. The van der Waals surface area contributed by atoms with Crippen LogP contribution in [0, 0.1) is 0 Å². The predicted octanol–water partition coefficient (Wildman–Crippen LogP) is 3.26. The molecule has 1 fully saturated rings. The van der Waals surface area contributed by atoms with Gasteiger partial charge in [0.25, 0.3) is 0 Å². The summed E-state index contributed by atoms with van der Waals surface area (Å²) in [6.45, 7) is 4.12. The van der Waals surface area contributed by atoms with E-state index in [-0.39, 0.29) is 5.56 Å². The van der Waals surface area contributed by atoms with Crippen molar-refractivity contribution < 1.29 is 35.3 Å². The average Bonchev–Trinajstić information content (AvgIpc) is 2.71. The molecule has 1 amide bonds. The Bertz CT molecular complexity index is 740. The molecule has 24 heavy (non-hydrogen) atoms. The minimum atomic E-state index is -4.59. The Morgan fingerprint density at radius 3 is 2.46 bits per heavy atom. The van der Waals surface area contributed by atoms with Gasteiger partial charge in [-0.3, -0.25) is 4.18 Å². The van der Waals surface area contributed by atoms with E-state index < -0.39 is 46.4 Å². The van der Waals surface area contributed by atoms with E-state index in [0.29, 0.717) is 4.31 Å². The minimum absolute atomic E-state index is 0.0169. The van der Waals surface area contributed by atoms with E-state index in [1.54, 1.807) is 0 Å². The first-order valence-corrected chi connectivity index (χ1v) is 8.27. The van der Waals surface area contributed by atoms with Crippen molar-refractivity contribution in [3.8, 4) is 0 Å². The third-order valence-electron chi connectivity index (χ3n) is 3.07. The quantitative estimate of drug-likeness (QED) is 0.762. The molecule has 0 unspecified atom stereocenters. The van der Waals surface area contributed by atoms with Crippen LogP contribution in [-0.2, 0) is 25.4 Å². The van der Waals surface area contributed by atoms with E-state index in [0.717, 1.165) is 18.2 Å². The lowest BCUT2D eigenvalue weighted by molar-refractivity contribution is -0.137. The largest absolute Gasteiger partial charge is 0.443 e. The molecule has 1 atom stereocenters. The average molecular weight is 367 g/mol. The minimum Gasteiger partial charge on any atom is -0.443 e. The molecule has 10 heteroatoms. The number of amides is 1. The molecular weight excluding hydrogens is 351 g/mol. The number of rotatable bonds is 1. The first-order chi connectivity index (χ1) is 10.8. The van der Waals surface area contributed by atoms with Crippen molar-refractivity contribution in [2.45, 2.75) is 38.6 Å². The summed E-state index contributed by atoms with van der Waals surface area (Å²) < 4.78 is 72.3. The molecule has 0 aliphatic carbocycles. The Hall–Kier alpha value is -1.81. The van der Waals surface area contributed by atoms with Gasteiger partial charge >= 0.3 is 22.6 Å². The highest BCUT2D eigenvalue weighted by Gasteiger charge is 2.46. The standard InChI is InChI=1S/C14H16F3NO5S/c1-13(2,3)23-12(19)18-11(8-22-24(18,20)21)9-5-4-6-10(7-9)14(15,16)17/h4-7,11H,8H2,1-3H3/t11-/m1/s1. The predicted molar refractivity (Wildman–Crippen MR) is 77.1 cm³/mol.